The number of rotatable bonds is 53. The fourth-order valence-electron chi connectivity index (χ4n) is 10.7. The molecule has 2 aliphatic heterocycles. The van der Waals surface area contributed by atoms with E-state index in [1.54, 1.807) is 6.08 Å². The molecule has 0 aromatic rings. The van der Waals surface area contributed by atoms with Crippen LogP contribution in [0.5, 0.6) is 0 Å². The van der Waals surface area contributed by atoms with Crippen molar-refractivity contribution in [1.82, 2.24) is 5.32 Å². The van der Waals surface area contributed by atoms with E-state index >= 15 is 0 Å². The molecule has 14 nitrogen and oxygen atoms in total. The first-order valence-electron chi connectivity index (χ1n) is 32.9. The number of allylic oxidation sites excluding steroid dienone is 7. The summed E-state index contributed by atoms with van der Waals surface area (Å²) in [6.45, 7) is 2.78. The van der Waals surface area contributed by atoms with Crippen LogP contribution in [0.1, 0.15) is 271 Å². The molecule has 2 heterocycles. The number of nitrogens with one attached hydrogen (secondary N) is 1. The van der Waals surface area contributed by atoms with Gasteiger partial charge in [0.2, 0.25) is 5.91 Å². The van der Waals surface area contributed by atoms with Gasteiger partial charge in [0.25, 0.3) is 0 Å². The molecule has 12 unspecified atom stereocenters. The lowest BCUT2D eigenvalue weighted by molar-refractivity contribution is -0.359. The maximum absolute atomic E-state index is 13.3. The van der Waals surface area contributed by atoms with Gasteiger partial charge in [0.1, 0.15) is 48.8 Å². The van der Waals surface area contributed by atoms with Crippen molar-refractivity contribution in [3.8, 4) is 0 Å². The van der Waals surface area contributed by atoms with E-state index in [4.69, 9.17) is 18.9 Å². The quantitative estimate of drug-likeness (QED) is 0.0204. The van der Waals surface area contributed by atoms with E-state index in [0.717, 1.165) is 44.9 Å². The van der Waals surface area contributed by atoms with Crippen LogP contribution >= 0.6 is 0 Å². The van der Waals surface area contributed by atoms with Crippen molar-refractivity contribution in [3.05, 3.63) is 48.6 Å². The molecule has 0 aliphatic carbocycles. The molecule has 0 radical (unpaired) electrons. The molecule has 2 fully saturated rings. The van der Waals surface area contributed by atoms with Crippen molar-refractivity contribution < 1.29 is 64.6 Å². The van der Waals surface area contributed by atoms with E-state index in [1.165, 1.54) is 193 Å². The van der Waals surface area contributed by atoms with Crippen LogP contribution in [0.4, 0.5) is 0 Å². The Balaban J connectivity index is 1.73. The third-order valence-corrected chi connectivity index (χ3v) is 16.0. The van der Waals surface area contributed by atoms with E-state index in [1.807, 2.05) is 6.08 Å². The van der Waals surface area contributed by atoms with E-state index in [2.05, 4.69) is 55.6 Å². The zero-order valence-electron chi connectivity index (χ0n) is 50.6. The molecule has 468 valence electrons. The van der Waals surface area contributed by atoms with Gasteiger partial charge in [-0.25, -0.2) is 0 Å². The molecule has 1 amide bonds. The summed E-state index contributed by atoms with van der Waals surface area (Å²) in [5, 5.41) is 87.2. The minimum absolute atomic E-state index is 0.252. The maximum Gasteiger partial charge on any atom is 0.220 e. The lowest BCUT2D eigenvalue weighted by atomic mass is 9.97. The van der Waals surface area contributed by atoms with Gasteiger partial charge < -0.3 is 65.1 Å². The van der Waals surface area contributed by atoms with Gasteiger partial charge in [-0.15, -0.1) is 0 Å². The minimum atomic E-state index is -1.79. The number of ether oxygens (including phenoxy) is 4. The van der Waals surface area contributed by atoms with Crippen LogP contribution in [-0.2, 0) is 23.7 Å². The third kappa shape index (κ3) is 35.9. The number of hydrogen-bond acceptors (Lipinski definition) is 13. The number of unbranched alkanes of at least 4 members (excludes halogenated alkanes) is 34. The Morgan fingerprint density at radius 1 is 0.450 bits per heavy atom. The lowest BCUT2D eigenvalue weighted by Gasteiger charge is -2.46. The van der Waals surface area contributed by atoms with E-state index in [9.17, 15) is 45.6 Å². The summed E-state index contributed by atoms with van der Waals surface area (Å²) in [5.74, 6) is -0.252. The predicted octanol–water partition coefficient (Wildman–Crippen LogP) is 12.3. The Kier molecular flexibility index (Phi) is 47.6. The highest BCUT2D eigenvalue weighted by Crippen LogP contribution is 2.30. The number of aliphatic hydroxyl groups excluding tert-OH is 8. The van der Waals surface area contributed by atoms with Gasteiger partial charge in [0.15, 0.2) is 12.6 Å². The molecule has 0 saturated carbocycles. The van der Waals surface area contributed by atoms with Crippen LogP contribution in [0, 0.1) is 0 Å². The SMILES string of the molecule is CCCCC/C=C\C/C=C\CCCCCCCCCCCC(=O)NC(COC1OC(CO)C(OC2OC(CO)C(O)C(O)C2O)C(O)C1O)C(O)/C=C/CC/C=C/CCCCCCCCCCCCCCCCCCCCCCC. The monoisotopic (exact) mass is 1140 g/mol. The molecular weight excluding hydrogens is 1010 g/mol. The summed E-state index contributed by atoms with van der Waals surface area (Å²) >= 11 is 0. The number of amides is 1. The number of aliphatic hydroxyl groups is 8. The lowest BCUT2D eigenvalue weighted by Crippen LogP contribution is -2.65. The van der Waals surface area contributed by atoms with Crippen molar-refractivity contribution in [2.75, 3.05) is 19.8 Å². The van der Waals surface area contributed by atoms with Crippen molar-refractivity contribution in [2.45, 2.75) is 344 Å². The molecule has 12 atom stereocenters. The minimum Gasteiger partial charge on any atom is -0.394 e. The highest BCUT2D eigenvalue weighted by atomic mass is 16.7. The topological polar surface area (TPSA) is 228 Å². The summed E-state index contributed by atoms with van der Waals surface area (Å²) in [6.07, 6.45) is 48.7. The highest BCUT2D eigenvalue weighted by molar-refractivity contribution is 5.76. The molecule has 0 bridgehead atoms. The fraction of sp³-hybridized carbons (Fsp3) is 0.864. The van der Waals surface area contributed by atoms with E-state index < -0.39 is 86.8 Å². The smallest absolute Gasteiger partial charge is 0.220 e. The summed E-state index contributed by atoms with van der Waals surface area (Å²) < 4.78 is 22.8. The number of carbonyl (C=O) groups is 1. The maximum atomic E-state index is 13.3. The first-order chi connectivity index (χ1) is 39.1. The molecule has 2 saturated heterocycles. The Morgan fingerprint density at radius 3 is 1.32 bits per heavy atom. The van der Waals surface area contributed by atoms with Crippen LogP contribution in [0.25, 0.3) is 0 Å². The zero-order chi connectivity index (χ0) is 58.1. The Bertz CT molecular complexity index is 1530. The molecule has 2 aliphatic rings. The number of hydrogen-bond donors (Lipinski definition) is 9. The Morgan fingerprint density at radius 2 is 0.838 bits per heavy atom. The van der Waals surface area contributed by atoms with Crippen LogP contribution in [0.15, 0.2) is 48.6 Å². The van der Waals surface area contributed by atoms with Crippen LogP contribution in [-0.4, -0.2) is 140 Å². The molecule has 0 aromatic heterocycles. The molecule has 9 N–H and O–H groups in total. The average molecular weight is 1140 g/mol. The van der Waals surface area contributed by atoms with E-state index in [-0.39, 0.29) is 18.9 Å². The second-order valence-electron chi connectivity index (χ2n) is 23.2. The first-order valence-corrected chi connectivity index (χ1v) is 32.9. The molecule has 0 spiro atoms. The average Bonchev–Trinajstić information content (AvgIpc) is 3.48. The van der Waals surface area contributed by atoms with Gasteiger partial charge in [-0.3, -0.25) is 4.79 Å². The Hall–Kier alpha value is -2.05. The van der Waals surface area contributed by atoms with Crippen LogP contribution in [0.3, 0.4) is 0 Å². The highest BCUT2D eigenvalue weighted by Gasteiger charge is 2.51. The predicted molar refractivity (Wildman–Crippen MR) is 323 cm³/mol. The van der Waals surface area contributed by atoms with Crippen LogP contribution in [0.2, 0.25) is 0 Å². The largest absolute Gasteiger partial charge is 0.394 e. The van der Waals surface area contributed by atoms with Crippen molar-refractivity contribution in [2.24, 2.45) is 0 Å². The van der Waals surface area contributed by atoms with Gasteiger partial charge in [-0.05, 0) is 64.2 Å². The third-order valence-electron chi connectivity index (χ3n) is 16.0. The van der Waals surface area contributed by atoms with E-state index in [0.29, 0.717) is 12.8 Å². The normalized spacial score (nSPS) is 24.5. The van der Waals surface area contributed by atoms with Crippen LogP contribution < -0.4 is 5.32 Å². The summed E-state index contributed by atoms with van der Waals surface area (Å²) in [7, 11) is 0. The Labute approximate surface area is 486 Å². The number of carbonyl (C=O) groups excluding carboxylic acids is 1. The van der Waals surface area contributed by atoms with Gasteiger partial charge in [-0.1, -0.05) is 249 Å². The van der Waals surface area contributed by atoms with Gasteiger partial charge >= 0.3 is 0 Å². The van der Waals surface area contributed by atoms with Crippen molar-refractivity contribution >= 4 is 5.91 Å². The second kappa shape index (κ2) is 51.4. The molecule has 0 aromatic carbocycles. The summed E-state index contributed by atoms with van der Waals surface area (Å²) in [5.41, 5.74) is 0. The first kappa shape index (κ1) is 74.1. The fourth-order valence-corrected chi connectivity index (χ4v) is 10.7. The summed E-state index contributed by atoms with van der Waals surface area (Å²) in [6, 6.07) is -0.936. The van der Waals surface area contributed by atoms with Gasteiger partial charge in [0.05, 0.1) is 32.0 Å². The standard InChI is InChI=1S/C66H121NO13/c1-3-5-7-9-11-13-15-17-19-21-23-24-25-26-27-28-29-30-32-33-35-37-39-41-43-45-47-49-55(70)54(67-58(71)50-48-46-44-42-40-38-36-34-31-22-20-18-16-14-12-10-8-6-4-2)53-77-65-63(76)61(74)64(57(52-69)79-65)80-66-62(75)60(73)59(72)56(51-68)78-66/h12,14,18,20,39,41,47,49,54-57,59-66,68-70,72-76H,3-11,13,15-17,19,21-38,40,42-46,48,50-53H2,1-2H3,(H,67,71)/b14-12-,20-18-,41-39+,49-47+. The zero-order valence-corrected chi connectivity index (χ0v) is 50.6. The second-order valence-corrected chi connectivity index (χ2v) is 23.2. The van der Waals surface area contributed by atoms with Crippen molar-refractivity contribution in [1.29, 1.82) is 0 Å². The summed E-state index contributed by atoms with van der Waals surface area (Å²) in [4.78, 5) is 13.3. The molecule has 14 heteroatoms. The molecule has 80 heavy (non-hydrogen) atoms. The van der Waals surface area contributed by atoms with Crippen molar-refractivity contribution in [3.63, 3.8) is 0 Å². The van der Waals surface area contributed by atoms with Gasteiger partial charge in [0, 0.05) is 6.42 Å². The molecular formula is C66H121NO13. The van der Waals surface area contributed by atoms with Gasteiger partial charge in [-0.2, -0.15) is 0 Å². The molecule has 2 rings (SSSR count).